The van der Waals surface area contributed by atoms with Gasteiger partial charge < -0.3 is 4.42 Å². The van der Waals surface area contributed by atoms with Crippen molar-refractivity contribution in [3.63, 3.8) is 0 Å². The van der Waals surface area contributed by atoms with E-state index in [9.17, 15) is 4.79 Å². The fourth-order valence-electron chi connectivity index (χ4n) is 1.37. The maximum absolute atomic E-state index is 12.0. The lowest BCUT2D eigenvalue weighted by Crippen LogP contribution is -2.10. The van der Waals surface area contributed by atoms with E-state index in [2.05, 4.69) is 5.10 Å². The maximum Gasteiger partial charge on any atom is 0.215 e. The molecular formula is C10H9ClN2O2. The topological polar surface area (TPSA) is 48.0 Å². The minimum absolute atomic E-state index is 0.115. The van der Waals surface area contributed by atoms with Gasteiger partial charge in [0.2, 0.25) is 11.0 Å². The van der Waals surface area contributed by atoms with Gasteiger partial charge in [-0.1, -0.05) is 0 Å². The first-order valence-corrected chi connectivity index (χ1v) is 4.91. The normalized spacial score (nSPS) is 10.5. The van der Waals surface area contributed by atoms with E-state index in [1.807, 2.05) is 6.92 Å². The lowest BCUT2D eigenvalue weighted by atomic mass is 10.1. The second-order valence-corrected chi connectivity index (χ2v) is 3.31. The molecule has 15 heavy (non-hydrogen) atoms. The summed E-state index contributed by atoms with van der Waals surface area (Å²) in [5, 5.41) is 4.13. The van der Waals surface area contributed by atoms with E-state index < -0.39 is 0 Å². The Balaban J connectivity index is 2.41. The molecule has 2 rings (SSSR count). The van der Waals surface area contributed by atoms with Gasteiger partial charge in [-0.25, -0.2) is 0 Å². The molecule has 0 amide bonds. The molecule has 4 nitrogen and oxygen atoms in total. The summed E-state index contributed by atoms with van der Waals surface area (Å²) in [5.74, 6) is -0.173. The molecule has 0 aliphatic carbocycles. The average molecular weight is 225 g/mol. The van der Waals surface area contributed by atoms with E-state index in [1.54, 1.807) is 23.0 Å². The van der Waals surface area contributed by atoms with Crippen LogP contribution in [-0.4, -0.2) is 15.6 Å². The molecule has 78 valence electrons. The van der Waals surface area contributed by atoms with E-state index in [0.717, 1.165) is 0 Å². The van der Waals surface area contributed by atoms with Gasteiger partial charge in [-0.05, 0) is 30.7 Å². The van der Waals surface area contributed by atoms with Crippen LogP contribution in [0.15, 0.2) is 29.0 Å². The fraction of sp³-hybridized carbons (Fsp3) is 0.200. The molecule has 0 radical (unpaired) electrons. The van der Waals surface area contributed by atoms with E-state index in [1.165, 1.54) is 6.26 Å². The van der Waals surface area contributed by atoms with Crippen molar-refractivity contribution in [1.29, 1.82) is 0 Å². The lowest BCUT2D eigenvalue weighted by molar-refractivity contribution is 0.102. The molecule has 0 saturated carbocycles. The molecule has 0 atom stereocenters. The molecule has 2 heterocycles. The third-order valence-electron chi connectivity index (χ3n) is 2.11. The summed E-state index contributed by atoms with van der Waals surface area (Å²) < 4.78 is 6.49. The largest absolute Gasteiger partial charge is 0.452 e. The Labute approximate surface area is 91.4 Å². The van der Waals surface area contributed by atoms with E-state index >= 15 is 0 Å². The van der Waals surface area contributed by atoms with Gasteiger partial charge >= 0.3 is 0 Å². The van der Waals surface area contributed by atoms with Crippen LogP contribution in [0.2, 0.25) is 5.22 Å². The number of aromatic nitrogens is 2. The predicted molar refractivity (Wildman–Crippen MR) is 55.1 cm³/mol. The van der Waals surface area contributed by atoms with Gasteiger partial charge in [0, 0.05) is 12.7 Å². The Morgan fingerprint density at radius 1 is 1.60 bits per heavy atom. The predicted octanol–water partition coefficient (Wildman–Crippen LogP) is 2.38. The second kappa shape index (κ2) is 3.90. The fourth-order valence-corrected chi connectivity index (χ4v) is 1.57. The van der Waals surface area contributed by atoms with Gasteiger partial charge in [-0.2, -0.15) is 5.10 Å². The van der Waals surface area contributed by atoms with Crippen LogP contribution in [0.4, 0.5) is 0 Å². The highest BCUT2D eigenvalue weighted by atomic mass is 35.5. The van der Waals surface area contributed by atoms with Crippen LogP contribution in [0.3, 0.4) is 0 Å². The molecule has 0 fully saturated rings. The summed E-state index contributed by atoms with van der Waals surface area (Å²) in [7, 11) is 0. The molecule has 0 saturated heterocycles. The molecule has 0 aromatic carbocycles. The van der Waals surface area contributed by atoms with Crippen molar-refractivity contribution in [3.05, 3.63) is 41.1 Å². The third kappa shape index (κ3) is 1.68. The highest BCUT2D eigenvalue weighted by Crippen LogP contribution is 2.20. The number of halogens is 1. The van der Waals surface area contributed by atoms with E-state index in [-0.39, 0.29) is 11.0 Å². The Kier molecular flexibility index (Phi) is 2.60. The van der Waals surface area contributed by atoms with Gasteiger partial charge in [-0.15, -0.1) is 0 Å². The number of furan rings is 1. The quantitative estimate of drug-likeness (QED) is 0.752. The zero-order valence-electron chi connectivity index (χ0n) is 8.11. The molecule has 0 aliphatic heterocycles. The number of aryl methyl sites for hydroxylation is 1. The van der Waals surface area contributed by atoms with Crippen LogP contribution < -0.4 is 0 Å². The first-order chi connectivity index (χ1) is 7.24. The van der Waals surface area contributed by atoms with Gasteiger partial charge in [0.25, 0.3) is 0 Å². The van der Waals surface area contributed by atoms with Gasteiger partial charge in [-0.3, -0.25) is 9.48 Å². The number of hydrogen-bond donors (Lipinski definition) is 0. The summed E-state index contributed by atoms with van der Waals surface area (Å²) >= 11 is 5.73. The van der Waals surface area contributed by atoms with Gasteiger partial charge in [0.1, 0.15) is 5.69 Å². The monoisotopic (exact) mass is 224 g/mol. The molecular weight excluding hydrogens is 216 g/mol. The maximum atomic E-state index is 12.0. The van der Waals surface area contributed by atoms with Crippen LogP contribution in [0.1, 0.15) is 23.0 Å². The summed E-state index contributed by atoms with van der Waals surface area (Å²) in [6.45, 7) is 2.56. The summed E-state index contributed by atoms with van der Waals surface area (Å²) in [4.78, 5) is 12.0. The van der Waals surface area contributed by atoms with Crippen molar-refractivity contribution < 1.29 is 9.21 Å². The number of ketones is 1. The SMILES string of the molecule is CCn1nccc1C(=O)c1ccoc1Cl. The first-order valence-electron chi connectivity index (χ1n) is 4.53. The van der Waals surface area contributed by atoms with Gasteiger partial charge in [0.05, 0.1) is 11.8 Å². The molecule has 0 spiro atoms. The molecule has 0 bridgehead atoms. The first kappa shape index (κ1) is 9.98. The average Bonchev–Trinajstić information content (AvgIpc) is 2.84. The second-order valence-electron chi connectivity index (χ2n) is 2.97. The number of carbonyl (C=O) groups excluding carboxylic acids is 1. The lowest BCUT2D eigenvalue weighted by Gasteiger charge is -2.01. The van der Waals surface area contributed by atoms with Crippen LogP contribution >= 0.6 is 11.6 Å². The molecule has 2 aromatic rings. The molecule has 5 heteroatoms. The van der Waals surface area contributed by atoms with Crippen molar-refractivity contribution in [2.24, 2.45) is 0 Å². The van der Waals surface area contributed by atoms with Crippen molar-refractivity contribution in [3.8, 4) is 0 Å². The van der Waals surface area contributed by atoms with Gasteiger partial charge in [0.15, 0.2) is 0 Å². The number of hydrogen-bond acceptors (Lipinski definition) is 3. The zero-order chi connectivity index (χ0) is 10.8. The van der Waals surface area contributed by atoms with Crippen molar-refractivity contribution in [2.75, 3.05) is 0 Å². The zero-order valence-corrected chi connectivity index (χ0v) is 8.86. The molecule has 0 aliphatic rings. The minimum atomic E-state index is -0.173. The standard InChI is InChI=1S/C10H9ClN2O2/c1-2-13-8(3-5-12-13)9(14)7-4-6-15-10(7)11/h3-6H,2H2,1H3. The highest BCUT2D eigenvalue weighted by molar-refractivity contribution is 6.33. The van der Waals surface area contributed by atoms with Crippen LogP contribution in [-0.2, 0) is 6.54 Å². The summed E-state index contributed by atoms with van der Waals surface area (Å²) in [5.41, 5.74) is 0.882. The van der Waals surface area contributed by atoms with Crippen LogP contribution in [0.25, 0.3) is 0 Å². The molecule has 0 unspecified atom stereocenters. The molecule has 0 N–H and O–H groups in total. The molecule has 2 aromatic heterocycles. The third-order valence-corrected chi connectivity index (χ3v) is 2.40. The summed E-state index contributed by atoms with van der Waals surface area (Å²) in [6.07, 6.45) is 2.98. The Bertz CT molecular complexity index is 487. The summed E-state index contributed by atoms with van der Waals surface area (Å²) in [6, 6.07) is 3.22. The van der Waals surface area contributed by atoms with Crippen molar-refractivity contribution in [1.82, 2.24) is 9.78 Å². The Morgan fingerprint density at radius 3 is 3.00 bits per heavy atom. The minimum Gasteiger partial charge on any atom is -0.452 e. The number of rotatable bonds is 3. The van der Waals surface area contributed by atoms with Crippen molar-refractivity contribution in [2.45, 2.75) is 13.5 Å². The van der Waals surface area contributed by atoms with E-state index in [4.69, 9.17) is 16.0 Å². The Hall–Kier alpha value is -1.55. The smallest absolute Gasteiger partial charge is 0.215 e. The van der Waals surface area contributed by atoms with Crippen LogP contribution in [0.5, 0.6) is 0 Å². The Morgan fingerprint density at radius 2 is 2.40 bits per heavy atom. The number of nitrogens with zero attached hydrogens (tertiary/aromatic N) is 2. The van der Waals surface area contributed by atoms with Crippen LogP contribution in [0, 0.1) is 0 Å². The highest BCUT2D eigenvalue weighted by Gasteiger charge is 2.18. The van der Waals surface area contributed by atoms with Crippen molar-refractivity contribution >= 4 is 17.4 Å². The van der Waals surface area contributed by atoms with E-state index in [0.29, 0.717) is 17.8 Å². The number of carbonyl (C=O) groups is 1.